The minimum atomic E-state index is 0.273. The molecule has 0 bridgehead atoms. The SMILES string of the molecule is COCCNCc1c(C)nn(C)c1N1CCC(CO)C1. The van der Waals surface area contributed by atoms with Gasteiger partial charge >= 0.3 is 0 Å². The maximum absolute atomic E-state index is 9.30. The number of aliphatic hydroxyl groups excluding tert-OH is 1. The molecule has 1 aliphatic heterocycles. The van der Waals surface area contributed by atoms with Crippen molar-refractivity contribution in [1.82, 2.24) is 15.1 Å². The molecule has 114 valence electrons. The van der Waals surface area contributed by atoms with Gasteiger partial charge in [-0.05, 0) is 13.3 Å². The number of hydrogen-bond acceptors (Lipinski definition) is 5. The van der Waals surface area contributed by atoms with Gasteiger partial charge in [0.2, 0.25) is 0 Å². The minimum absolute atomic E-state index is 0.273. The molecular weight excluding hydrogens is 256 g/mol. The molecule has 1 aromatic rings. The first-order chi connectivity index (χ1) is 9.67. The summed E-state index contributed by atoms with van der Waals surface area (Å²) in [5, 5.41) is 17.2. The Morgan fingerprint density at radius 1 is 1.50 bits per heavy atom. The summed E-state index contributed by atoms with van der Waals surface area (Å²) < 4.78 is 7.01. The number of aromatic nitrogens is 2. The lowest BCUT2D eigenvalue weighted by Gasteiger charge is -2.20. The molecule has 1 atom stereocenters. The second-order valence-electron chi connectivity index (χ2n) is 5.46. The largest absolute Gasteiger partial charge is 0.396 e. The lowest BCUT2D eigenvalue weighted by Crippen LogP contribution is -2.26. The third kappa shape index (κ3) is 3.31. The summed E-state index contributed by atoms with van der Waals surface area (Å²) in [4.78, 5) is 2.34. The van der Waals surface area contributed by atoms with E-state index in [9.17, 15) is 5.11 Å². The molecule has 6 heteroatoms. The summed E-state index contributed by atoms with van der Waals surface area (Å²) >= 11 is 0. The van der Waals surface area contributed by atoms with Gasteiger partial charge in [-0.15, -0.1) is 0 Å². The highest BCUT2D eigenvalue weighted by molar-refractivity contribution is 5.51. The Balaban J connectivity index is 2.07. The van der Waals surface area contributed by atoms with E-state index in [2.05, 4.69) is 22.2 Å². The van der Waals surface area contributed by atoms with Crippen LogP contribution in [-0.2, 0) is 18.3 Å². The smallest absolute Gasteiger partial charge is 0.131 e. The highest BCUT2D eigenvalue weighted by atomic mass is 16.5. The van der Waals surface area contributed by atoms with Gasteiger partial charge in [-0.3, -0.25) is 4.68 Å². The summed E-state index contributed by atoms with van der Waals surface area (Å²) in [6, 6.07) is 0. The molecule has 20 heavy (non-hydrogen) atoms. The molecule has 0 saturated carbocycles. The molecule has 1 saturated heterocycles. The Labute approximate surface area is 120 Å². The van der Waals surface area contributed by atoms with Crippen LogP contribution in [0.25, 0.3) is 0 Å². The Hall–Kier alpha value is -1.11. The molecule has 2 heterocycles. The number of nitrogens with one attached hydrogen (secondary N) is 1. The molecule has 0 radical (unpaired) electrons. The van der Waals surface area contributed by atoms with Crippen LogP contribution in [0.3, 0.4) is 0 Å². The molecule has 2 rings (SSSR count). The first kappa shape index (κ1) is 15.3. The van der Waals surface area contributed by atoms with Gasteiger partial charge in [0.15, 0.2) is 0 Å². The van der Waals surface area contributed by atoms with Gasteiger partial charge in [-0.1, -0.05) is 0 Å². The third-order valence-corrected chi connectivity index (χ3v) is 3.94. The summed E-state index contributed by atoms with van der Waals surface area (Å²) in [5.74, 6) is 1.57. The average molecular weight is 282 g/mol. The van der Waals surface area contributed by atoms with E-state index in [1.807, 2.05) is 11.7 Å². The van der Waals surface area contributed by atoms with E-state index in [4.69, 9.17) is 4.74 Å². The van der Waals surface area contributed by atoms with Crippen LogP contribution in [0, 0.1) is 12.8 Å². The predicted molar refractivity (Wildman–Crippen MR) is 78.9 cm³/mol. The Kier molecular flexibility index (Phi) is 5.39. The Morgan fingerprint density at radius 2 is 2.30 bits per heavy atom. The maximum atomic E-state index is 9.30. The van der Waals surface area contributed by atoms with Crippen LogP contribution >= 0.6 is 0 Å². The zero-order valence-corrected chi connectivity index (χ0v) is 12.7. The third-order valence-electron chi connectivity index (χ3n) is 3.94. The average Bonchev–Trinajstić information content (AvgIpc) is 2.99. The van der Waals surface area contributed by atoms with E-state index in [1.54, 1.807) is 7.11 Å². The monoisotopic (exact) mass is 282 g/mol. The summed E-state index contributed by atoms with van der Waals surface area (Å²) in [6.45, 7) is 6.59. The van der Waals surface area contributed by atoms with Crippen molar-refractivity contribution >= 4 is 5.82 Å². The quantitative estimate of drug-likeness (QED) is 0.704. The van der Waals surface area contributed by atoms with Crippen molar-refractivity contribution < 1.29 is 9.84 Å². The number of methoxy groups -OCH3 is 1. The zero-order chi connectivity index (χ0) is 14.5. The van der Waals surface area contributed by atoms with Gasteiger partial charge in [-0.25, -0.2) is 0 Å². The topological polar surface area (TPSA) is 62.5 Å². The van der Waals surface area contributed by atoms with Crippen LogP contribution in [-0.4, -0.2) is 54.8 Å². The number of aliphatic hydroxyl groups is 1. The van der Waals surface area contributed by atoms with Gasteiger partial charge in [0.25, 0.3) is 0 Å². The van der Waals surface area contributed by atoms with Crippen LogP contribution in [0.5, 0.6) is 0 Å². The van der Waals surface area contributed by atoms with Crippen molar-refractivity contribution in [2.45, 2.75) is 19.9 Å². The lowest BCUT2D eigenvalue weighted by atomic mass is 10.1. The standard InChI is InChI=1S/C14H26N4O2/c1-11-13(8-15-5-7-20-3)14(17(2)16-11)18-6-4-12(9-18)10-19/h12,15,19H,4-10H2,1-3H3. The van der Waals surface area contributed by atoms with Gasteiger partial charge in [0.1, 0.15) is 5.82 Å². The highest BCUT2D eigenvalue weighted by Crippen LogP contribution is 2.28. The van der Waals surface area contributed by atoms with Gasteiger partial charge in [0, 0.05) is 58.4 Å². The van der Waals surface area contributed by atoms with E-state index < -0.39 is 0 Å². The van der Waals surface area contributed by atoms with Crippen LogP contribution in [0.15, 0.2) is 0 Å². The van der Waals surface area contributed by atoms with Crippen LogP contribution in [0.2, 0.25) is 0 Å². The summed E-state index contributed by atoms with van der Waals surface area (Å²) in [7, 11) is 3.70. The predicted octanol–water partition coefficient (Wildman–Crippen LogP) is 0.283. The fraction of sp³-hybridized carbons (Fsp3) is 0.786. The van der Waals surface area contributed by atoms with Crippen molar-refractivity contribution in [1.29, 1.82) is 0 Å². The Bertz CT molecular complexity index is 433. The number of aryl methyl sites for hydroxylation is 2. The molecule has 1 unspecified atom stereocenters. The van der Waals surface area contributed by atoms with E-state index in [0.29, 0.717) is 12.5 Å². The Morgan fingerprint density at radius 3 is 2.95 bits per heavy atom. The van der Waals surface area contributed by atoms with E-state index in [-0.39, 0.29) is 6.61 Å². The summed E-state index contributed by atoms with van der Waals surface area (Å²) in [6.07, 6.45) is 1.05. The van der Waals surface area contributed by atoms with Crippen LogP contribution in [0.4, 0.5) is 5.82 Å². The minimum Gasteiger partial charge on any atom is -0.396 e. The van der Waals surface area contributed by atoms with Crippen LogP contribution < -0.4 is 10.2 Å². The maximum Gasteiger partial charge on any atom is 0.131 e. The molecule has 1 aromatic heterocycles. The molecule has 6 nitrogen and oxygen atoms in total. The fourth-order valence-corrected chi connectivity index (χ4v) is 2.85. The molecule has 0 aliphatic carbocycles. The van der Waals surface area contributed by atoms with Gasteiger partial charge < -0.3 is 20.1 Å². The molecule has 2 N–H and O–H groups in total. The first-order valence-electron chi connectivity index (χ1n) is 7.25. The first-order valence-corrected chi connectivity index (χ1v) is 7.25. The molecular formula is C14H26N4O2. The number of nitrogens with zero attached hydrogens (tertiary/aromatic N) is 3. The molecule has 0 amide bonds. The fourth-order valence-electron chi connectivity index (χ4n) is 2.85. The second-order valence-corrected chi connectivity index (χ2v) is 5.46. The van der Waals surface area contributed by atoms with Crippen molar-refractivity contribution in [2.24, 2.45) is 13.0 Å². The number of rotatable bonds is 7. The normalized spacial score (nSPS) is 19.0. The van der Waals surface area contributed by atoms with E-state index >= 15 is 0 Å². The van der Waals surface area contributed by atoms with Crippen molar-refractivity contribution in [2.75, 3.05) is 44.9 Å². The van der Waals surface area contributed by atoms with Crippen molar-refractivity contribution in [3.8, 4) is 0 Å². The van der Waals surface area contributed by atoms with Gasteiger partial charge in [0.05, 0.1) is 12.3 Å². The summed E-state index contributed by atoms with van der Waals surface area (Å²) in [5.41, 5.74) is 2.32. The lowest BCUT2D eigenvalue weighted by molar-refractivity contribution is 0.199. The molecule has 0 spiro atoms. The van der Waals surface area contributed by atoms with Crippen molar-refractivity contribution in [3.05, 3.63) is 11.3 Å². The van der Waals surface area contributed by atoms with Crippen molar-refractivity contribution in [3.63, 3.8) is 0 Å². The number of anilines is 1. The number of ether oxygens (including phenoxy) is 1. The second kappa shape index (κ2) is 7.06. The molecule has 1 aliphatic rings. The molecule has 0 aromatic carbocycles. The van der Waals surface area contributed by atoms with E-state index in [1.165, 1.54) is 11.4 Å². The van der Waals surface area contributed by atoms with Crippen LogP contribution in [0.1, 0.15) is 17.7 Å². The molecule has 1 fully saturated rings. The van der Waals surface area contributed by atoms with Gasteiger partial charge in [-0.2, -0.15) is 5.10 Å². The van der Waals surface area contributed by atoms with E-state index in [0.717, 1.165) is 38.3 Å². The highest BCUT2D eigenvalue weighted by Gasteiger charge is 2.27. The number of hydrogen-bond donors (Lipinski definition) is 2. The zero-order valence-electron chi connectivity index (χ0n) is 12.7.